The van der Waals surface area contributed by atoms with Crippen molar-refractivity contribution in [1.82, 2.24) is 5.32 Å². The Morgan fingerprint density at radius 1 is 0.418 bits per heavy atom. The van der Waals surface area contributed by atoms with Crippen molar-refractivity contribution in [1.29, 1.82) is 0 Å². The first kappa shape index (κ1) is 65.1. The van der Waals surface area contributed by atoms with Gasteiger partial charge < -0.3 is 20.3 Å². The highest BCUT2D eigenvalue weighted by atomic mass is 16.5. The Labute approximate surface area is 417 Å². The van der Waals surface area contributed by atoms with Crippen LogP contribution in [0.3, 0.4) is 0 Å². The molecule has 0 saturated heterocycles. The van der Waals surface area contributed by atoms with Crippen molar-refractivity contribution in [2.45, 2.75) is 328 Å². The van der Waals surface area contributed by atoms with Gasteiger partial charge in [-0.25, -0.2) is 0 Å². The summed E-state index contributed by atoms with van der Waals surface area (Å²) in [5.74, 6) is -0.0462. The zero-order chi connectivity index (χ0) is 48.6. The van der Waals surface area contributed by atoms with Gasteiger partial charge in [0, 0.05) is 12.8 Å². The van der Waals surface area contributed by atoms with Crippen LogP contribution in [0.5, 0.6) is 0 Å². The van der Waals surface area contributed by atoms with E-state index in [2.05, 4.69) is 55.6 Å². The molecule has 0 aromatic rings. The second-order valence-corrected chi connectivity index (χ2v) is 20.3. The summed E-state index contributed by atoms with van der Waals surface area (Å²) in [7, 11) is 0. The van der Waals surface area contributed by atoms with Crippen LogP contribution in [0.1, 0.15) is 316 Å². The lowest BCUT2D eigenvalue weighted by molar-refractivity contribution is -0.143. The number of hydrogen-bond donors (Lipinski definition) is 3. The second-order valence-electron chi connectivity index (χ2n) is 20.3. The molecule has 0 spiro atoms. The number of aliphatic hydroxyl groups is 2. The van der Waals surface area contributed by atoms with Gasteiger partial charge >= 0.3 is 5.97 Å². The Bertz CT molecular complexity index is 1090. The number of nitrogens with one attached hydrogen (secondary N) is 1. The fraction of sp³-hybridized carbons (Fsp3) is 0.869. The zero-order valence-electron chi connectivity index (χ0n) is 44.9. The first-order valence-corrected chi connectivity index (χ1v) is 29.7. The lowest BCUT2D eigenvalue weighted by atomic mass is 10.0. The van der Waals surface area contributed by atoms with E-state index in [1.165, 1.54) is 231 Å². The molecule has 2 unspecified atom stereocenters. The molecule has 394 valence electrons. The van der Waals surface area contributed by atoms with E-state index in [1.54, 1.807) is 0 Å². The molecule has 0 aromatic carbocycles. The van der Waals surface area contributed by atoms with Crippen molar-refractivity contribution in [3.63, 3.8) is 0 Å². The van der Waals surface area contributed by atoms with E-state index < -0.39 is 12.1 Å². The molecule has 1 amide bonds. The summed E-state index contributed by atoms with van der Waals surface area (Å²) in [6.45, 7) is 4.92. The third-order valence-corrected chi connectivity index (χ3v) is 13.7. The molecule has 0 radical (unpaired) electrons. The van der Waals surface area contributed by atoms with Crippen LogP contribution in [0.4, 0.5) is 0 Å². The minimum Gasteiger partial charge on any atom is -0.466 e. The number of amides is 1. The van der Waals surface area contributed by atoms with Crippen LogP contribution in [0.15, 0.2) is 36.5 Å². The number of esters is 1. The van der Waals surface area contributed by atoms with Crippen LogP contribution >= 0.6 is 0 Å². The molecule has 0 rings (SSSR count). The number of carbonyl (C=O) groups excluding carboxylic acids is 2. The van der Waals surface area contributed by atoms with Gasteiger partial charge in [-0.1, -0.05) is 256 Å². The van der Waals surface area contributed by atoms with Crippen molar-refractivity contribution in [2.24, 2.45) is 0 Å². The normalized spacial score (nSPS) is 12.8. The molecule has 0 aromatic heterocycles. The monoisotopic (exact) mass is 942 g/mol. The SMILES string of the molecule is CCCCCC/C=C\C/C=C\CCCCCCCC(=O)OCCCCCCCCCCCCC/C=C\CCCCCCCCCC(=O)NC(CO)C(O)CCCCCCCCCCCCCC. The summed E-state index contributed by atoms with van der Waals surface area (Å²) < 4.78 is 5.48. The minimum absolute atomic E-state index is 0.00367. The van der Waals surface area contributed by atoms with Crippen molar-refractivity contribution in [3.05, 3.63) is 36.5 Å². The van der Waals surface area contributed by atoms with Crippen molar-refractivity contribution in [2.75, 3.05) is 13.2 Å². The average molecular weight is 943 g/mol. The molecular weight excluding hydrogens is 827 g/mol. The average Bonchev–Trinajstić information content (AvgIpc) is 3.33. The number of aliphatic hydroxyl groups excluding tert-OH is 2. The van der Waals surface area contributed by atoms with Crippen molar-refractivity contribution < 1.29 is 24.5 Å². The van der Waals surface area contributed by atoms with Crippen LogP contribution < -0.4 is 5.32 Å². The highest BCUT2D eigenvalue weighted by Gasteiger charge is 2.20. The molecule has 0 fully saturated rings. The van der Waals surface area contributed by atoms with Crippen LogP contribution in [-0.4, -0.2) is 47.4 Å². The molecule has 3 N–H and O–H groups in total. The Balaban J connectivity index is 3.41. The fourth-order valence-electron chi connectivity index (χ4n) is 9.08. The third kappa shape index (κ3) is 53.3. The van der Waals surface area contributed by atoms with Gasteiger partial charge in [-0.3, -0.25) is 9.59 Å². The van der Waals surface area contributed by atoms with E-state index in [0.717, 1.165) is 51.4 Å². The molecule has 0 heterocycles. The summed E-state index contributed by atoms with van der Waals surface area (Å²) in [6.07, 6.45) is 70.0. The van der Waals surface area contributed by atoms with Gasteiger partial charge in [-0.05, 0) is 83.5 Å². The number of carbonyl (C=O) groups is 2. The molecule has 2 atom stereocenters. The largest absolute Gasteiger partial charge is 0.466 e. The topological polar surface area (TPSA) is 95.9 Å². The van der Waals surface area contributed by atoms with Gasteiger partial charge in [0.05, 0.1) is 25.4 Å². The molecule has 0 saturated carbocycles. The van der Waals surface area contributed by atoms with Gasteiger partial charge in [-0.15, -0.1) is 0 Å². The highest BCUT2D eigenvalue weighted by molar-refractivity contribution is 5.76. The number of ether oxygens (including phenoxy) is 1. The van der Waals surface area contributed by atoms with E-state index in [9.17, 15) is 19.8 Å². The van der Waals surface area contributed by atoms with Crippen LogP contribution in [0, 0.1) is 0 Å². The number of hydrogen-bond acceptors (Lipinski definition) is 5. The number of rotatable bonds is 55. The molecule has 67 heavy (non-hydrogen) atoms. The maximum absolute atomic E-state index is 12.4. The molecule has 6 heteroatoms. The van der Waals surface area contributed by atoms with Gasteiger partial charge in [0.2, 0.25) is 5.91 Å². The highest BCUT2D eigenvalue weighted by Crippen LogP contribution is 2.17. The summed E-state index contributed by atoms with van der Waals surface area (Å²) in [5.41, 5.74) is 0. The van der Waals surface area contributed by atoms with Crippen molar-refractivity contribution in [3.8, 4) is 0 Å². The smallest absolute Gasteiger partial charge is 0.305 e. The summed E-state index contributed by atoms with van der Waals surface area (Å²) in [5, 5.41) is 23.2. The van der Waals surface area contributed by atoms with Gasteiger partial charge in [0.1, 0.15) is 0 Å². The van der Waals surface area contributed by atoms with E-state index in [-0.39, 0.29) is 18.5 Å². The van der Waals surface area contributed by atoms with Crippen LogP contribution in [0.2, 0.25) is 0 Å². The standard InChI is InChI=1S/C61H115NO5/c1-3-5-7-9-11-13-15-17-18-28-31-35-39-43-47-51-55-61(66)67-56-52-48-44-40-36-32-29-26-24-22-20-19-21-23-25-27-30-34-38-42-46-50-54-60(65)62-58(57-63)59(64)53-49-45-41-37-33-16-14-12-10-8-6-4-2/h13,15,18,21,23,28,58-59,63-64H,3-12,14,16-17,19-20,22,24-27,29-57H2,1-2H3,(H,62,65)/b15-13-,23-21-,28-18-. The van der Waals surface area contributed by atoms with E-state index >= 15 is 0 Å². The minimum atomic E-state index is -0.668. The molecule has 0 aliphatic rings. The first-order valence-electron chi connectivity index (χ1n) is 29.7. The Morgan fingerprint density at radius 2 is 0.746 bits per heavy atom. The molecule has 0 bridgehead atoms. The van der Waals surface area contributed by atoms with Gasteiger partial charge in [0.25, 0.3) is 0 Å². The van der Waals surface area contributed by atoms with Crippen molar-refractivity contribution >= 4 is 11.9 Å². The van der Waals surface area contributed by atoms with Gasteiger partial charge in [-0.2, -0.15) is 0 Å². The summed E-state index contributed by atoms with van der Waals surface area (Å²) in [6, 6.07) is -0.546. The Hall–Kier alpha value is -1.92. The number of allylic oxidation sites excluding steroid dienone is 6. The second kappa shape index (κ2) is 56.7. The Morgan fingerprint density at radius 3 is 1.16 bits per heavy atom. The van der Waals surface area contributed by atoms with E-state index in [0.29, 0.717) is 25.9 Å². The zero-order valence-corrected chi connectivity index (χ0v) is 44.9. The molecular formula is C61H115NO5. The van der Waals surface area contributed by atoms with Crippen LogP contribution in [0.25, 0.3) is 0 Å². The predicted octanol–water partition coefficient (Wildman–Crippen LogP) is 18.4. The maximum Gasteiger partial charge on any atom is 0.305 e. The summed E-state index contributed by atoms with van der Waals surface area (Å²) in [4.78, 5) is 24.5. The Kier molecular flexibility index (Phi) is 55.0. The third-order valence-electron chi connectivity index (χ3n) is 13.7. The molecule has 0 aliphatic carbocycles. The van der Waals surface area contributed by atoms with E-state index in [4.69, 9.17) is 4.74 Å². The van der Waals surface area contributed by atoms with E-state index in [1.807, 2.05) is 0 Å². The van der Waals surface area contributed by atoms with Crippen LogP contribution in [-0.2, 0) is 14.3 Å². The lowest BCUT2D eigenvalue weighted by Gasteiger charge is -2.22. The fourth-order valence-corrected chi connectivity index (χ4v) is 9.08. The molecule has 6 nitrogen and oxygen atoms in total. The first-order chi connectivity index (χ1) is 33.0. The number of unbranched alkanes of at least 4 members (excludes halogenated alkanes) is 38. The molecule has 0 aliphatic heterocycles. The van der Waals surface area contributed by atoms with Gasteiger partial charge in [0.15, 0.2) is 0 Å². The maximum atomic E-state index is 12.4. The summed E-state index contributed by atoms with van der Waals surface area (Å²) >= 11 is 0. The lowest BCUT2D eigenvalue weighted by Crippen LogP contribution is -2.45. The quantitative estimate of drug-likeness (QED) is 0.0321. The predicted molar refractivity (Wildman–Crippen MR) is 292 cm³/mol.